The molecule has 0 radical (unpaired) electrons. The van der Waals surface area contributed by atoms with Crippen molar-refractivity contribution < 1.29 is 18.8 Å². The zero-order valence-electron chi connectivity index (χ0n) is 14.1. The van der Waals surface area contributed by atoms with Gasteiger partial charge >= 0.3 is 6.03 Å². The molecule has 1 fully saturated rings. The third kappa shape index (κ3) is 3.32. The summed E-state index contributed by atoms with van der Waals surface area (Å²) in [4.78, 5) is 37.0. The summed E-state index contributed by atoms with van der Waals surface area (Å²) in [5.41, 5.74) is -0.336. The number of nitrogens with zero attached hydrogens (tertiary/aromatic N) is 1. The number of imide groups is 1. The first-order valence-corrected chi connectivity index (χ1v) is 8.17. The van der Waals surface area contributed by atoms with E-state index in [2.05, 4.69) is 10.6 Å². The van der Waals surface area contributed by atoms with E-state index in [4.69, 9.17) is 16.0 Å². The van der Waals surface area contributed by atoms with Crippen LogP contribution in [0.2, 0.25) is 5.02 Å². The maximum absolute atomic E-state index is 12.2. The second kappa shape index (κ2) is 6.07. The maximum atomic E-state index is 12.2. The van der Waals surface area contributed by atoms with Gasteiger partial charge < -0.3 is 15.1 Å². The molecule has 1 unspecified atom stereocenters. The number of fused-ring (bicyclic) bond motifs is 1. The highest BCUT2D eigenvalue weighted by molar-refractivity contribution is 6.31. The van der Waals surface area contributed by atoms with Gasteiger partial charge in [0, 0.05) is 10.4 Å². The van der Waals surface area contributed by atoms with Crippen molar-refractivity contribution in [1.29, 1.82) is 0 Å². The Morgan fingerprint density at radius 1 is 1.36 bits per heavy atom. The van der Waals surface area contributed by atoms with Crippen molar-refractivity contribution in [2.45, 2.75) is 32.4 Å². The van der Waals surface area contributed by atoms with E-state index in [0.29, 0.717) is 16.4 Å². The summed E-state index contributed by atoms with van der Waals surface area (Å²) in [5, 5.41) is 6.69. The molecule has 2 N–H and O–H groups in total. The van der Waals surface area contributed by atoms with Crippen molar-refractivity contribution in [3.63, 3.8) is 0 Å². The molecule has 1 aliphatic rings. The largest absolute Gasteiger partial charge is 0.459 e. The van der Waals surface area contributed by atoms with Crippen LogP contribution in [0.1, 0.15) is 32.6 Å². The van der Waals surface area contributed by atoms with Gasteiger partial charge in [0.2, 0.25) is 5.91 Å². The molecular weight excluding hydrogens is 346 g/mol. The molecule has 1 aliphatic heterocycles. The molecule has 0 aliphatic carbocycles. The lowest BCUT2D eigenvalue weighted by Crippen LogP contribution is -2.43. The van der Waals surface area contributed by atoms with Gasteiger partial charge in [0.15, 0.2) is 0 Å². The zero-order valence-corrected chi connectivity index (χ0v) is 14.8. The standard InChI is InChI=1S/C17H18ClN3O4/c1-9(13-7-10-6-11(18)4-5-12(10)25-13)19-14(22)8-21-15(23)17(2,3)20-16(21)24/h4-7,9H,8H2,1-3H3,(H,19,22)(H,20,24). The molecular formula is C17H18ClN3O4. The third-order valence-electron chi connectivity index (χ3n) is 4.05. The fraction of sp³-hybridized carbons (Fsp3) is 0.353. The van der Waals surface area contributed by atoms with Crippen LogP contribution in [0, 0.1) is 0 Å². The number of urea groups is 1. The Balaban J connectivity index is 1.68. The van der Waals surface area contributed by atoms with E-state index in [1.807, 2.05) is 0 Å². The highest BCUT2D eigenvalue weighted by atomic mass is 35.5. The fourth-order valence-electron chi connectivity index (χ4n) is 2.71. The number of amides is 4. The quantitative estimate of drug-likeness (QED) is 0.817. The lowest BCUT2D eigenvalue weighted by molar-refractivity contribution is -0.134. The van der Waals surface area contributed by atoms with Gasteiger partial charge in [0.25, 0.3) is 5.91 Å². The molecule has 25 heavy (non-hydrogen) atoms. The smallest absolute Gasteiger partial charge is 0.325 e. The van der Waals surface area contributed by atoms with Crippen LogP contribution in [0.3, 0.4) is 0 Å². The molecule has 3 rings (SSSR count). The van der Waals surface area contributed by atoms with Crippen molar-refractivity contribution in [1.82, 2.24) is 15.5 Å². The van der Waals surface area contributed by atoms with Gasteiger partial charge in [-0.15, -0.1) is 0 Å². The molecule has 1 saturated heterocycles. The minimum atomic E-state index is -0.999. The summed E-state index contributed by atoms with van der Waals surface area (Å²) >= 11 is 5.95. The number of furan rings is 1. The average molecular weight is 364 g/mol. The fourth-order valence-corrected chi connectivity index (χ4v) is 2.89. The Kier molecular flexibility index (Phi) is 4.20. The van der Waals surface area contributed by atoms with Crippen LogP contribution >= 0.6 is 11.6 Å². The molecule has 1 aromatic heterocycles. The van der Waals surface area contributed by atoms with Crippen molar-refractivity contribution >= 4 is 40.4 Å². The Labute approximate surface area is 149 Å². The van der Waals surface area contributed by atoms with E-state index in [1.54, 1.807) is 45.0 Å². The molecule has 1 aromatic carbocycles. The average Bonchev–Trinajstić information content (AvgIpc) is 3.01. The number of carbonyl (C=O) groups is 3. The van der Waals surface area contributed by atoms with Crippen LogP contribution in [0.25, 0.3) is 11.0 Å². The summed E-state index contributed by atoms with van der Waals surface area (Å²) in [7, 11) is 0. The highest BCUT2D eigenvalue weighted by Gasteiger charge is 2.44. The molecule has 132 valence electrons. The van der Waals surface area contributed by atoms with Crippen LogP contribution in [0.15, 0.2) is 28.7 Å². The molecule has 0 saturated carbocycles. The predicted octanol–water partition coefficient (Wildman–Crippen LogP) is 2.59. The van der Waals surface area contributed by atoms with Crippen molar-refractivity contribution in [2.75, 3.05) is 6.54 Å². The van der Waals surface area contributed by atoms with Crippen LogP contribution in [-0.2, 0) is 9.59 Å². The van der Waals surface area contributed by atoms with Crippen LogP contribution in [-0.4, -0.2) is 34.8 Å². The second-order valence-corrected chi connectivity index (χ2v) is 7.00. The van der Waals surface area contributed by atoms with E-state index in [-0.39, 0.29) is 6.54 Å². The molecule has 8 heteroatoms. The van der Waals surface area contributed by atoms with Crippen LogP contribution in [0.4, 0.5) is 4.79 Å². The minimum absolute atomic E-state index is 0.343. The zero-order chi connectivity index (χ0) is 18.4. The van der Waals surface area contributed by atoms with Crippen LogP contribution in [0.5, 0.6) is 0 Å². The van der Waals surface area contributed by atoms with Gasteiger partial charge in [-0.2, -0.15) is 0 Å². The SMILES string of the molecule is CC(NC(=O)CN1C(=O)NC(C)(C)C1=O)c1cc2cc(Cl)ccc2o1. The summed E-state index contributed by atoms with van der Waals surface area (Å²) in [6, 6.07) is 6.05. The number of rotatable bonds is 4. The van der Waals surface area contributed by atoms with Gasteiger partial charge in [-0.1, -0.05) is 11.6 Å². The van der Waals surface area contributed by atoms with Gasteiger partial charge in [-0.05, 0) is 45.0 Å². The van der Waals surface area contributed by atoms with Crippen molar-refractivity contribution in [3.8, 4) is 0 Å². The molecule has 2 heterocycles. The highest BCUT2D eigenvalue weighted by Crippen LogP contribution is 2.26. The number of benzene rings is 1. The van der Waals surface area contributed by atoms with E-state index in [0.717, 1.165) is 10.3 Å². The Morgan fingerprint density at radius 2 is 2.08 bits per heavy atom. The molecule has 7 nitrogen and oxygen atoms in total. The second-order valence-electron chi connectivity index (χ2n) is 6.57. The molecule has 2 aromatic rings. The van der Waals surface area contributed by atoms with E-state index < -0.39 is 29.4 Å². The normalized spacial score (nSPS) is 17.7. The summed E-state index contributed by atoms with van der Waals surface area (Å²) in [6.07, 6.45) is 0. The lowest BCUT2D eigenvalue weighted by atomic mass is 10.1. The molecule has 0 spiro atoms. The number of carbonyl (C=O) groups excluding carboxylic acids is 3. The van der Waals surface area contributed by atoms with E-state index in [9.17, 15) is 14.4 Å². The molecule has 1 atom stereocenters. The number of hydrogen-bond donors (Lipinski definition) is 2. The number of hydrogen-bond acceptors (Lipinski definition) is 4. The first kappa shape index (κ1) is 17.3. The Morgan fingerprint density at radius 3 is 2.72 bits per heavy atom. The van der Waals surface area contributed by atoms with E-state index in [1.165, 1.54) is 0 Å². The monoisotopic (exact) mass is 363 g/mol. The lowest BCUT2D eigenvalue weighted by Gasteiger charge is -2.17. The molecule has 4 amide bonds. The summed E-state index contributed by atoms with van der Waals surface area (Å²) in [5.74, 6) is -0.325. The molecule has 0 bridgehead atoms. The third-order valence-corrected chi connectivity index (χ3v) is 4.28. The number of halogens is 1. The van der Waals surface area contributed by atoms with Crippen molar-refractivity contribution in [2.24, 2.45) is 0 Å². The Bertz CT molecular complexity index is 874. The van der Waals surface area contributed by atoms with Crippen LogP contribution < -0.4 is 10.6 Å². The van der Waals surface area contributed by atoms with Gasteiger partial charge in [0.1, 0.15) is 23.4 Å². The van der Waals surface area contributed by atoms with Crippen molar-refractivity contribution in [3.05, 3.63) is 35.0 Å². The summed E-state index contributed by atoms with van der Waals surface area (Å²) in [6.45, 7) is 4.60. The topological polar surface area (TPSA) is 91.7 Å². The minimum Gasteiger partial charge on any atom is -0.459 e. The van der Waals surface area contributed by atoms with E-state index >= 15 is 0 Å². The number of nitrogens with one attached hydrogen (secondary N) is 2. The maximum Gasteiger partial charge on any atom is 0.325 e. The predicted molar refractivity (Wildman–Crippen MR) is 92.1 cm³/mol. The first-order valence-electron chi connectivity index (χ1n) is 7.80. The first-order chi connectivity index (χ1) is 11.7. The van der Waals surface area contributed by atoms with Gasteiger partial charge in [-0.3, -0.25) is 14.5 Å². The van der Waals surface area contributed by atoms with Gasteiger partial charge in [-0.25, -0.2) is 4.79 Å². The Hall–Kier alpha value is -2.54. The van der Waals surface area contributed by atoms with Gasteiger partial charge in [0.05, 0.1) is 6.04 Å². The summed E-state index contributed by atoms with van der Waals surface area (Å²) < 4.78 is 5.70.